The number of esters is 2. The quantitative estimate of drug-likeness (QED) is 0.0215. The summed E-state index contributed by atoms with van der Waals surface area (Å²) in [6.45, 7) is 4.42. The number of carboxylic acids is 1. The van der Waals surface area contributed by atoms with Gasteiger partial charge in [0.2, 0.25) is 0 Å². The second kappa shape index (κ2) is 43.6. The van der Waals surface area contributed by atoms with E-state index in [1.165, 1.54) is 57.8 Å². The van der Waals surface area contributed by atoms with E-state index in [9.17, 15) is 19.5 Å². The lowest BCUT2D eigenvalue weighted by Crippen LogP contribution is -2.50. The van der Waals surface area contributed by atoms with Crippen LogP contribution in [-0.4, -0.2) is 80.6 Å². The maximum Gasteiger partial charge on any atom is 0.362 e. The normalized spacial score (nSPS) is 13.9. The summed E-state index contributed by atoms with van der Waals surface area (Å²) in [7, 11) is 5.50. The van der Waals surface area contributed by atoms with Crippen LogP contribution in [0.2, 0.25) is 0 Å². The smallest absolute Gasteiger partial charge is 0.362 e. The monoisotopic (exact) mass is 863 g/mol. The van der Waals surface area contributed by atoms with Crippen molar-refractivity contribution < 1.29 is 38.2 Å². The summed E-state index contributed by atoms with van der Waals surface area (Å²) in [4.78, 5) is 37.1. The van der Waals surface area contributed by atoms with Gasteiger partial charge in [-0.05, 0) is 64.2 Å². The zero-order valence-corrected chi connectivity index (χ0v) is 39.8. The Morgan fingerprint density at radius 1 is 0.500 bits per heavy atom. The molecule has 0 rings (SSSR count). The predicted octanol–water partition coefficient (Wildman–Crippen LogP) is 13.6. The molecule has 2 unspecified atom stereocenters. The second-order valence-electron chi connectivity index (χ2n) is 16.8. The number of unbranched alkanes of at least 4 members (excludes halogenated alkanes) is 14. The van der Waals surface area contributed by atoms with Crippen LogP contribution in [0.1, 0.15) is 162 Å². The van der Waals surface area contributed by atoms with E-state index >= 15 is 0 Å². The lowest BCUT2D eigenvalue weighted by Gasteiger charge is -2.31. The molecule has 1 N–H and O–H groups in total. The van der Waals surface area contributed by atoms with Crippen molar-refractivity contribution in [2.75, 3.05) is 41.0 Å². The van der Waals surface area contributed by atoms with Gasteiger partial charge in [-0.3, -0.25) is 9.59 Å². The molecule has 0 bridgehead atoms. The molecule has 0 spiro atoms. The zero-order chi connectivity index (χ0) is 45.6. The van der Waals surface area contributed by atoms with Gasteiger partial charge in [0.05, 0.1) is 34.4 Å². The predicted molar refractivity (Wildman–Crippen MR) is 261 cm³/mol. The van der Waals surface area contributed by atoms with Gasteiger partial charge in [-0.15, -0.1) is 0 Å². The van der Waals surface area contributed by atoms with E-state index in [1.807, 2.05) is 81.9 Å². The molecule has 350 valence electrons. The molecule has 0 amide bonds. The minimum absolute atomic E-state index is 0.0349. The summed E-state index contributed by atoms with van der Waals surface area (Å²) in [5.41, 5.74) is 0. The Hall–Kier alpha value is -4.01. The van der Waals surface area contributed by atoms with Crippen molar-refractivity contribution in [2.45, 2.75) is 174 Å². The zero-order valence-electron chi connectivity index (χ0n) is 39.8. The summed E-state index contributed by atoms with van der Waals surface area (Å²) in [5, 5.41) is 9.64. The van der Waals surface area contributed by atoms with Crippen LogP contribution in [-0.2, 0) is 28.6 Å². The number of ether oxygens (including phenoxy) is 3. The molecule has 0 aromatic carbocycles. The fraction of sp³-hybridized carbons (Fsp3) is 0.611. The van der Waals surface area contributed by atoms with Gasteiger partial charge in [0.25, 0.3) is 0 Å². The van der Waals surface area contributed by atoms with Gasteiger partial charge < -0.3 is 23.8 Å². The Bertz CT molecular complexity index is 1370. The largest absolute Gasteiger partial charge is 0.477 e. The molecular formula is C54H88NO7+. The molecule has 0 aliphatic heterocycles. The van der Waals surface area contributed by atoms with Gasteiger partial charge in [0.1, 0.15) is 6.61 Å². The van der Waals surface area contributed by atoms with Crippen LogP contribution < -0.4 is 0 Å². The highest BCUT2D eigenvalue weighted by molar-refractivity contribution is 5.72. The maximum absolute atomic E-state index is 12.7. The fourth-order valence-electron chi connectivity index (χ4n) is 6.43. The molecular weight excluding hydrogens is 775 g/mol. The first-order chi connectivity index (χ1) is 30.1. The number of hydrogen-bond donors (Lipinski definition) is 1. The number of likely N-dealkylation sites (N-methyl/N-ethyl adjacent to an activating group) is 1. The first-order valence-electron chi connectivity index (χ1n) is 24.0. The van der Waals surface area contributed by atoms with Gasteiger partial charge in [-0.2, -0.15) is 0 Å². The van der Waals surface area contributed by atoms with Crippen LogP contribution >= 0.6 is 0 Å². The summed E-state index contributed by atoms with van der Waals surface area (Å²) in [6.07, 6.45) is 59.9. The molecule has 0 fully saturated rings. The van der Waals surface area contributed by atoms with Crippen molar-refractivity contribution in [3.63, 3.8) is 0 Å². The molecule has 0 aromatic rings. The number of nitrogens with zero attached hydrogens (tertiary/aromatic N) is 1. The highest BCUT2D eigenvalue weighted by Gasteiger charge is 2.31. The standard InChI is InChI=1S/C54H87NO7/c1-6-8-10-12-14-16-18-20-22-24-25-26-27-29-30-32-34-36-38-40-42-44-52(56)61-49-50(48-60-47-46-51(54(58)59)55(3,4)5)62-53(57)45-43-41-39-37-35-33-31-28-23-21-19-17-15-13-11-9-7-2/h8-11,13-17,19-23,28,31,33,35,50-51H,6-7,12,18,24-27,29-30,32,34,36-49H2,1-5H3/p+1/b10-8+,11-9+,15-13+,16-14+,19-17+,22-20+,23-21+,31-28+,35-33+. The molecule has 62 heavy (non-hydrogen) atoms. The number of aliphatic carboxylic acids is 1. The Labute approximate surface area is 378 Å². The van der Waals surface area contributed by atoms with Crippen LogP contribution in [0.25, 0.3) is 0 Å². The molecule has 0 saturated heterocycles. The number of hydrogen-bond acceptors (Lipinski definition) is 6. The van der Waals surface area contributed by atoms with Crippen molar-refractivity contribution in [1.29, 1.82) is 0 Å². The third-order valence-electron chi connectivity index (χ3n) is 10.1. The van der Waals surface area contributed by atoms with E-state index < -0.39 is 18.1 Å². The van der Waals surface area contributed by atoms with Gasteiger partial charge in [0, 0.05) is 19.3 Å². The van der Waals surface area contributed by atoms with Crippen molar-refractivity contribution >= 4 is 17.9 Å². The highest BCUT2D eigenvalue weighted by Crippen LogP contribution is 2.14. The third kappa shape index (κ3) is 41.3. The Morgan fingerprint density at radius 3 is 1.47 bits per heavy atom. The van der Waals surface area contributed by atoms with E-state index in [0.29, 0.717) is 19.3 Å². The van der Waals surface area contributed by atoms with E-state index in [2.05, 4.69) is 62.5 Å². The molecule has 8 nitrogen and oxygen atoms in total. The minimum Gasteiger partial charge on any atom is -0.477 e. The Kier molecular flexibility index (Phi) is 40.8. The molecule has 0 saturated carbocycles. The average molecular weight is 863 g/mol. The molecule has 0 aliphatic rings. The number of carboxylic acid groups (broad SMARTS) is 1. The van der Waals surface area contributed by atoms with Gasteiger partial charge in [-0.1, -0.05) is 187 Å². The van der Waals surface area contributed by atoms with Crippen LogP contribution in [0.4, 0.5) is 0 Å². The van der Waals surface area contributed by atoms with Gasteiger partial charge in [0.15, 0.2) is 12.1 Å². The topological polar surface area (TPSA) is 99.1 Å². The molecule has 0 aromatic heterocycles. The van der Waals surface area contributed by atoms with Gasteiger partial charge >= 0.3 is 17.9 Å². The first-order valence-corrected chi connectivity index (χ1v) is 24.0. The van der Waals surface area contributed by atoms with Crippen LogP contribution in [0.15, 0.2) is 109 Å². The molecule has 0 heterocycles. The number of carbonyl (C=O) groups is 3. The number of carbonyl (C=O) groups excluding carboxylic acids is 2. The van der Waals surface area contributed by atoms with Crippen molar-refractivity contribution in [3.05, 3.63) is 109 Å². The van der Waals surface area contributed by atoms with Crippen LogP contribution in [0.5, 0.6) is 0 Å². The van der Waals surface area contributed by atoms with Crippen LogP contribution in [0.3, 0.4) is 0 Å². The van der Waals surface area contributed by atoms with Crippen molar-refractivity contribution in [1.82, 2.24) is 0 Å². The average Bonchev–Trinajstić information content (AvgIpc) is 3.23. The number of rotatable bonds is 41. The lowest BCUT2D eigenvalue weighted by atomic mass is 10.0. The Balaban J connectivity index is 4.37. The van der Waals surface area contributed by atoms with E-state index in [1.54, 1.807) is 0 Å². The number of quaternary nitrogens is 1. The Morgan fingerprint density at radius 2 is 0.935 bits per heavy atom. The fourth-order valence-corrected chi connectivity index (χ4v) is 6.43. The summed E-state index contributed by atoms with van der Waals surface area (Å²) in [5.74, 6) is -1.54. The SMILES string of the molecule is CC/C=C/C=C/C=C/C=C/C=C/C=C/CCCCCC(=O)OC(COCCC(C(=O)O)[N+](C)(C)C)COC(=O)CCCCCCCCCCCCC/C=C/C/C=C/C/C=C/CC. The third-order valence-corrected chi connectivity index (χ3v) is 10.1. The summed E-state index contributed by atoms with van der Waals surface area (Å²) in [6, 6.07) is -0.631. The second-order valence-corrected chi connectivity index (χ2v) is 16.8. The first kappa shape index (κ1) is 58.0. The van der Waals surface area contributed by atoms with Crippen LogP contribution in [0, 0.1) is 0 Å². The van der Waals surface area contributed by atoms with E-state index in [4.69, 9.17) is 14.2 Å². The minimum atomic E-state index is -0.888. The molecule has 8 heteroatoms. The summed E-state index contributed by atoms with van der Waals surface area (Å²) >= 11 is 0. The maximum atomic E-state index is 12.7. The molecule has 0 aliphatic carbocycles. The van der Waals surface area contributed by atoms with E-state index in [-0.39, 0.29) is 42.7 Å². The summed E-state index contributed by atoms with van der Waals surface area (Å²) < 4.78 is 17.3. The van der Waals surface area contributed by atoms with E-state index in [0.717, 1.165) is 64.2 Å². The van der Waals surface area contributed by atoms with Crippen molar-refractivity contribution in [2.24, 2.45) is 0 Å². The number of allylic oxidation sites excluding steroid dienone is 18. The lowest BCUT2D eigenvalue weighted by molar-refractivity contribution is -0.887. The van der Waals surface area contributed by atoms with Crippen molar-refractivity contribution in [3.8, 4) is 0 Å². The van der Waals surface area contributed by atoms with Gasteiger partial charge in [-0.25, -0.2) is 4.79 Å². The molecule has 2 atom stereocenters. The molecule has 0 radical (unpaired) electrons. The highest BCUT2D eigenvalue weighted by atomic mass is 16.6.